The van der Waals surface area contributed by atoms with Gasteiger partial charge in [0.1, 0.15) is 11.6 Å². The Labute approximate surface area is 138 Å². The molecular formula is C20H15FO3. The van der Waals surface area contributed by atoms with E-state index in [-0.39, 0.29) is 35.8 Å². The highest BCUT2D eigenvalue weighted by molar-refractivity contribution is 6.40. The van der Waals surface area contributed by atoms with Gasteiger partial charge in [-0.3, -0.25) is 9.59 Å². The highest BCUT2D eigenvalue weighted by atomic mass is 19.1. The fourth-order valence-electron chi connectivity index (χ4n) is 2.89. The molecule has 1 aliphatic carbocycles. The van der Waals surface area contributed by atoms with E-state index in [4.69, 9.17) is 0 Å². The van der Waals surface area contributed by atoms with E-state index in [1.165, 1.54) is 31.2 Å². The Bertz CT molecular complexity index is 876. The first-order valence-electron chi connectivity index (χ1n) is 7.66. The summed E-state index contributed by atoms with van der Waals surface area (Å²) in [6, 6.07) is 12.1. The summed E-state index contributed by atoms with van der Waals surface area (Å²) in [5, 5.41) is 0. The number of ketones is 3. The molecule has 0 unspecified atom stereocenters. The Kier molecular flexibility index (Phi) is 4.21. The Balaban J connectivity index is 2.18. The lowest BCUT2D eigenvalue weighted by Gasteiger charge is -2.21. The van der Waals surface area contributed by atoms with Crippen LogP contribution in [0.4, 0.5) is 4.39 Å². The van der Waals surface area contributed by atoms with E-state index in [2.05, 4.69) is 0 Å². The highest BCUT2D eigenvalue weighted by Crippen LogP contribution is 2.34. The van der Waals surface area contributed by atoms with Gasteiger partial charge >= 0.3 is 0 Å². The number of benzene rings is 2. The quantitative estimate of drug-likeness (QED) is 0.854. The lowest BCUT2D eigenvalue weighted by Crippen LogP contribution is -2.21. The van der Waals surface area contributed by atoms with Gasteiger partial charge in [-0.05, 0) is 31.0 Å². The van der Waals surface area contributed by atoms with E-state index in [0.717, 1.165) is 0 Å². The van der Waals surface area contributed by atoms with Crippen LogP contribution < -0.4 is 0 Å². The van der Waals surface area contributed by atoms with Gasteiger partial charge in [0.15, 0.2) is 11.6 Å². The molecule has 0 saturated heterocycles. The molecule has 3 nitrogen and oxygen atoms in total. The van der Waals surface area contributed by atoms with Crippen molar-refractivity contribution in [2.45, 2.75) is 19.8 Å². The molecule has 0 amide bonds. The Morgan fingerprint density at radius 2 is 1.50 bits per heavy atom. The second-order valence-corrected chi connectivity index (χ2v) is 5.77. The minimum Gasteiger partial charge on any atom is -0.300 e. The van der Waals surface area contributed by atoms with Gasteiger partial charge in [-0.2, -0.15) is 0 Å². The fraction of sp³-hybridized carbons (Fsp3) is 0.150. The van der Waals surface area contributed by atoms with Crippen LogP contribution in [-0.2, 0) is 4.79 Å². The molecular weight excluding hydrogens is 307 g/mol. The number of allylic oxidation sites excluding steroid dienone is 2. The van der Waals surface area contributed by atoms with Crippen LogP contribution in [0.15, 0.2) is 54.1 Å². The first kappa shape index (κ1) is 16.0. The molecule has 0 N–H and O–H groups in total. The molecule has 0 heterocycles. The van der Waals surface area contributed by atoms with Crippen molar-refractivity contribution in [3.05, 3.63) is 76.6 Å². The van der Waals surface area contributed by atoms with Gasteiger partial charge in [0.25, 0.3) is 0 Å². The van der Waals surface area contributed by atoms with Crippen LogP contribution in [0.2, 0.25) is 0 Å². The molecule has 0 bridgehead atoms. The van der Waals surface area contributed by atoms with E-state index in [1.54, 1.807) is 24.3 Å². The number of carbonyl (C=O) groups is 3. The van der Waals surface area contributed by atoms with Gasteiger partial charge in [-0.25, -0.2) is 4.39 Å². The molecule has 120 valence electrons. The van der Waals surface area contributed by atoms with Crippen molar-refractivity contribution in [2.24, 2.45) is 0 Å². The third-order valence-electron chi connectivity index (χ3n) is 4.08. The average Bonchev–Trinajstić information content (AvgIpc) is 2.58. The Morgan fingerprint density at radius 1 is 0.917 bits per heavy atom. The molecule has 3 rings (SSSR count). The van der Waals surface area contributed by atoms with E-state index in [0.29, 0.717) is 22.3 Å². The fourth-order valence-corrected chi connectivity index (χ4v) is 2.89. The summed E-state index contributed by atoms with van der Waals surface area (Å²) >= 11 is 0. The molecule has 0 saturated carbocycles. The normalized spacial score (nSPS) is 13.9. The van der Waals surface area contributed by atoms with Crippen molar-refractivity contribution >= 4 is 22.9 Å². The molecule has 1 aliphatic rings. The van der Waals surface area contributed by atoms with E-state index in [1.807, 2.05) is 0 Å². The molecule has 0 radical (unpaired) electrons. The number of Topliss-reactive ketones (excluding diaryl/α,β-unsaturated/α-hetero) is 3. The lowest BCUT2D eigenvalue weighted by atomic mass is 9.79. The first-order valence-corrected chi connectivity index (χ1v) is 7.66. The Hall–Kier alpha value is -2.88. The van der Waals surface area contributed by atoms with Gasteiger partial charge in [0, 0.05) is 28.7 Å². The number of hydrogen-bond donors (Lipinski definition) is 0. The molecule has 2 aromatic rings. The predicted molar refractivity (Wildman–Crippen MR) is 88.3 cm³/mol. The molecule has 0 atom stereocenters. The maximum atomic E-state index is 13.2. The summed E-state index contributed by atoms with van der Waals surface area (Å²) in [7, 11) is 0. The van der Waals surface area contributed by atoms with Crippen LogP contribution in [0.3, 0.4) is 0 Å². The Morgan fingerprint density at radius 3 is 2.08 bits per heavy atom. The minimum atomic E-state index is -0.417. The van der Waals surface area contributed by atoms with Crippen molar-refractivity contribution in [1.82, 2.24) is 0 Å². The summed E-state index contributed by atoms with van der Waals surface area (Å²) in [5.41, 5.74) is 1.77. The average molecular weight is 322 g/mol. The van der Waals surface area contributed by atoms with E-state index < -0.39 is 5.82 Å². The summed E-state index contributed by atoms with van der Waals surface area (Å²) in [6.07, 6.45) is 0.377. The standard InChI is InChI=1S/C20H15FO3/c1-12(22)6-11-17-18(13-7-9-14(21)10-8-13)20(24)16-5-3-2-4-15(16)19(17)23/h2-5,7-10H,6,11H2,1H3. The van der Waals surface area contributed by atoms with Crippen molar-refractivity contribution in [3.63, 3.8) is 0 Å². The van der Waals surface area contributed by atoms with Crippen LogP contribution in [0, 0.1) is 5.82 Å². The number of rotatable bonds is 4. The van der Waals surface area contributed by atoms with Gasteiger partial charge < -0.3 is 4.79 Å². The van der Waals surface area contributed by atoms with Crippen LogP contribution >= 0.6 is 0 Å². The maximum absolute atomic E-state index is 13.2. The molecule has 0 fully saturated rings. The molecule has 4 heteroatoms. The van der Waals surface area contributed by atoms with Gasteiger partial charge in [-0.1, -0.05) is 36.4 Å². The molecule has 0 spiro atoms. The van der Waals surface area contributed by atoms with Gasteiger partial charge in [0.05, 0.1) is 0 Å². The van der Waals surface area contributed by atoms with Gasteiger partial charge in [0.2, 0.25) is 0 Å². The largest absolute Gasteiger partial charge is 0.300 e. The second kappa shape index (κ2) is 6.32. The predicted octanol–water partition coefficient (Wildman–Crippen LogP) is 4.03. The van der Waals surface area contributed by atoms with Crippen LogP contribution in [0.5, 0.6) is 0 Å². The number of fused-ring (bicyclic) bond motifs is 1. The van der Waals surface area contributed by atoms with Gasteiger partial charge in [-0.15, -0.1) is 0 Å². The number of hydrogen-bond acceptors (Lipinski definition) is 3. The molecule has 0 aliphatic heterocycles. The minimum absolute atomic E-state index is 0.0555. The third-order valence-corrected chi connectivity index (χ3v) is 4.08. The van der Waals surface area contributed by atoms with Crippen molar-refractivity contribution in [3.8, 4) is 0 Å². The zero-order valence-corrected chi connectivity index (χ0v) is 13.1. The summed E-state index contributed by atoms with van der Waals surface area (Å²) < 4.78 is 13.2. The maximum Gasteiger partial charge on any atom is 0.194 e. The summed E-state index contributed by atoms with van der Waals surface area (Å²) in [5.74, 6) is -0.985. The van der Waals surface area contributed by atoms with Crippen LogP contribution in [0.1, 0.15) is 46.0 Å². The van der Waals surface area contributed by atoms with Crippen molar-refractivity contribution < 1.29 is 18.8 Å². The van der Waals surface area contributed by atoms with Crippen LogP contribution in [-0.4, -0.2) is 17.3 Å². The van der Waals surface area contributed by atoms with Crippen molar-refractivity contribution in [2.75, 3.05) is 0 Å². The van der Waals surface area contributed by atoms with E-state index in [9.17, 15) is 18.8 Å². The second-order valence-electron chi connectivity index (χ2n) is 5.77. The molecule has 2 aromatic carbocycles. The number of carbonyl (C=O) groups excluding carboxylic acids is 3. The smallest absolute Gasteiger partial charge is 0.194 e. The first-order chi connectivity index (χ1) is 11.5. The topological polar surface area (TPSA) is 51.2 Å². The lowest BCUT2D eigenvalue weighted by molar-refractivity contribution is -0.116. The van der Waals surface area contributed by atoms with E-state index >= 15 is 0 Å². The number of halogens is 1. The van der Waals surface area contributed by atoms with Crippen LogP contribution in [0.25, 0.3) is 5.57 Å². The van der Waals surface area contributed by atoms with Crippen molar-refractivity contribution in [1.29, 1.82) is 0 Å². The zero-order chi connectivity index (χ0) is 17.3. The monoisotopic (exact) mass is 322 g/mol. The summed E-state index contributed by atoms with van der Waals surface area (Å²) in [6.45, 7) is 1.45. The highest BCUT2D eigenvalue weighted by Gasteiger charge is 2.32. The molecule has 24 heavy (non-hydrogen) atoms. The third kappa shape index (κ3) is 2.83. The summed E-state index contributed by atoms with van der Waals surface area (Å²) in [4.78, 5) is 37.1. The SMILES string of the molecule is CC(=O)CCC1=C(c2ccc(F)cc2)C(=O)c2ccccc2C1=O. The zero-order valence-electron chi connectivity index (χ0n) is 13.1. The molecule has 0 aromatic heterocycles.